The SMILES string of the molecule is O=C(O)c1ccccc1-c1ccc(Cn2nnc3cc4ccccc4cc32)cc1. The van der Waals surface area contributed by atoms with E-state index in [1.807, 2.05) is 53.2 Å². The Morgan fingerprint density at radius 3 is 2.31 bits per heavy atom. The second-order valence-electron chi connectivity index (χ2n) is 6.98. The van der Waals surface area contributed by atoms with Crippen LogP contribution in [0.4, 0.5) is 0 Å². The Balaban J connectivity index is 1.47. The molecule has 0 unspecified atom stereocenters. The second-order valence-corrected chi connectivity index (χ2v) is 6.98. The Kier molecular flexibility index (Phi) is 4.06. The van der Waals surface area contributed by atoms with Gasteiger partial charge in [-0.1, -0.05) is 71.9 Å². The molecule has 0 aliphatic rings. The van der Waals surface area contributed by atoms with Crippen molar-refractivity contribution < 1.29 is 9.90 Å². The highest BCUT2D eigenvalue weighted by molar-refractivity contribution is 5.96. The highest BCUT2D eigenvalue weighted by Gasteiger charge is 2.11. The van der Waals surface area contributed by atoms with Crippen molar-refractivity contribution in [2.45, 2.75) is 6.54 Å². The van der Waals surface area contributed by atoms with Gasteiger partial charge in [-0.3, -0.25) is 0 Å². The summed E-state index contributed by atoms with van der Waals surface area (Å²) in [5.74, 6) is -0.925. The average Bonchev–Trinajstić information content (AvgIpc) is 3.14. The van der Waals surface area contributed by atoms with Crippen LogP contribution in [0.1, 0.15) is 15.9 Å². The molecule has 1 aromatic heterocycles. The number of carbonyl (C=O) groups is 1. The Morgan fingerprint density at radius 1 is 0.862 bits per heavy atom. The highest BCUT2D eigenvalue weighted by atomic mass is 16.4. The number of nitrogens with zero attached hydrogens (tertiary/aromatic N) is 3. The molecule has 5 heteroatoms. The third-order valence-electron chi connectivity index (χ3n) is 5.14. The smallest absolute Gasteiger partial charge is 0.336 e. The van der Waals surface area contributed by atoms with Gasteiger partial charge in [-0.05, 0) is 45.7 Å². The highest BCUT2D eigenvalue weighted by Crippen LogP contribution is 2.25. The molecule has 0 fully saturated rings. The Morgan fingerprint density at radius 2 is 1.55 bits per heavy atom. The van der Waals surface area contributed by atoms with Crippen LogP contribution in [0.25, 0.3) is 32.9 Å². The van der Waals surface area contributed by atoms with Gasteiger partial charge in [0.05, 0.1) is 17.6 Å². The van der Waals surface area contributed by atoms with E-state index in [1.54, 1.807) is 12.1 Å². The number of rotatable bonds is 4. The van der Waals surface area contributed by atoms with Crippen molar-refractivity contribution in [1.29, 1.82) is 0 Å². The number of carboxylic acids is 1. The van der Waals surface area contributed by atoms with Gasteiger partial charge < -0.3 is 5.11 Å². The van der Waals surface area contributed by atoms with Crippen LogP contribution < -0.4 is 0 Å². The molecule has 5 rings (SSSR count). The summed E-state index contributed by atoms with van der Waals surface area (Å²) in [7, 11) is 0. The molecule has 0 bridgehead atoms. The lowest BCUT2D eigenvalue weighted by Gasteiger charge is -2.08. The maximum Gasteiger partial charge on any atom is 0.336 e. The van der Waals surface area contributed by atoms with E-state index < -0.39 is 5.97 Å². The molecule has 0 aliphatic heterocycles. The Hall–Kier alpha value is -3.99. The van der Waals surface area contributed by atoms with E-state index in [-0.39, 0.29) is 0 Å². The fraction of sp³-hybridized carbons (Fsp3) is 0.0417. The van der Waals surface area contributed by atoms with Crippen LogP contribution in [-0.4, -0.2) is 26.1 Å². The first-order valence-corrected chi connectivity index (χ1v) is 9.33. The number of carboxylic acid groups (broad SMARTS) is 1. The zero-order chi connectivity index (χ0) is 19.8. The van der Waals surface area contributed by atoms with Crippen LogP contribution in [0.2, 0.25) is 0 Å². The van der Waals surface area contributed by atoms with Crippen molar-refractivity contribution in [1.82, 2.24) is 15.0 Å². The van der Waals surface area contributed by atoms with Gasteiger partial charge in [0, 0.05) is 0 Å². The van der Waals surface area contributed by atoms with Crippen molar-refractivity contribution in [3.8, 4) is 11.1 Å². The third kappa shape index (κ3) is 3.12. The minimum Gasteiger partial charge on any atom is -0.478 e. The molecule has 0 spiro atoms. The van der Waals surface area contributed by atoms with Crippen molar-refractivity contribution in [3.05, 3.63) is 96.1 Å². The number of hydrogen-bond acceptors (Lipinski definition) is 3. The fourth-order valence-corrected chi connectivity index (χ4v) is 3.65. The van der Waals surface area contributed by atoms with E-state index in [9.17, 15) is 9.90 Å². The third-order valence-corrected chi connectivity index (χ3v) is 5.14. The summed E-state index contributed by atoms with van der Waals surface area (Å²) >= 11 is 0. The molecule has 0 amide bonds. The normalized spacial score (nSPS) is 11.2. The largest absolute Gasteiger partial charge is 0.478 e. The minimum absolute atomic E-state index is 0.300. The molecule has 0 aliphatic carbocycles. The van der Waals surface area contributed by atoms with E-state index in [0.717, 1.165) is 32.9 Å². The molecule has 0 saturated heterocycles. The molecule has 0 radical (unpaired) electrons. The summed E-state index contributed by atoms with van der Waals surface area (Å²) < 4.78 is 1.89. The van der Waals surface area contributed by atoms with Crippen LogP contribution >= 0.6 is 0 Å². The molecule has 1 heterocycles. The zero-order valence-electron chi connectivity index (χ0n) is 15.5. The average molecular weight is 379 g/mol. The summed E-state index contributed by atoms with van der Waals surface area (Å²) in [5.41, 5.74) is 4.82. The van der Waals surface area contributed by atoms with Crippen LogP contribution in [0.5, 0.6) is 0 Å². The zero-order valence-corrected chi connectivity index (χ0v) is 15.5. The fourth-order valence-electron chi connectivity index (χ4n) is 3.65. The maximum absolute atomic E-state index is 11.5. The molecule has 1 N–H and O–H groups in total. The summed E-state index contributed by atoms with van der Waals surface area (Å²) in [5, 5.41) is 20.3. The van der Waals surface area contributed by atoms with Crippen LogP contribution in [-0.2, 0) is 6.54 Å². The molecule has 29 heavy (non-hydrogen) atoms. The molecular weight excluding hydrogens is 362 g/mol. The predicted octanol–water partition coefficient (Wildman–Crippen LogP) is 5.00. The lowest BCUT2D eigenvalue weighted by molar-refractivity contribution is 0.0697. The van der Waals surface area contributed by atoms with Gasteiger partial charge in [0.1, 0.15) is 5.52 Å². The van der Waals surface area contributed by atoms with E-state index in [4.69, 9.17) is 0 Å². The minimum atomic E-state index is -0.925. The van der Waals surface area contributed by atoms with Crippen molar-refractivity contribution in [2.75, 3.05) is 0 Å². The molecule has 0 saturated carbocycles. The summed E-state index contributed by atoms with van der Waals surface area (Å²) in [6.45, 7) is 0.593. The topological polar surface area (TPSA) is 68.0 Å². The van der Waals surface area contributed by atoms with E-state index in [0.29, 0.717) is 17.7 Å². The predicted molar refractivity (Wildman–Crippen MR) is 113 cm³/mol. The van der Waals surface area contributed by atoms with Gasteiger partial charge in [-0.2, -0.15) is 0 Å². The number of aromatic nitrogens is 3. The van der Waals surface area contributed by atoms with Gasteiger partial charge in [0.25, 0.3) is 0 Å². The molecular formula is C24H17N3O2. The van der Waals surface area contributed by atoms with Gasteiger partial charge >= 0.3 is 5.97 Å². The molecule has 4 aromatic carbocycles. The van der Waals surface area contributed by atoms with Crippen molar-refractivity contribution in [3.63, 3.8) is 0 Å². The molecule has 140 valence electrons. The van der Waals surface area contributed by atoms with E-state index >= 15 is 0 Å². The lowest BCUT2D eigenvalue weighted by atomic mass is 9.99. The van der Waals surface area contributed by atoms with Crippen molar-refractivity contribution >= 4 is 27.8 Å². The second kappa shape index (κ2) is 6.87. The molecule has 0 atom stereocenters. The first-order valence-electron chi connectivity index (χ1n) is 9.33. The summed E-state index contributed by atoms with van der Waals surface area (Å²) in [4.78, 5) is 11.5. The number of hydrogen-bond donors (Lipinski definition) is 1. The first kappa shape index (κ1) is 17.1. The van der Waals surface area contributed by atoms with Crippen LogP contribution in [0.3, 0.4) is 0 Å². The van der Waals surface area contributed by atoms with Gasteiger partial charge in [0.15, 0.2) is 0 Å². The van der Waals surface area contributed by atoms with Crippen LogP contribution in [0.15, 0.2) is 84.9 Å². The summed E-state index contributed by atoms with van der Waals surface area (Å²) in [6, 6.07) is 27.3. The summed E-state index contributed by atoms with van der Waals surface area (Å²) in [6.07, 6.45) is 0. The van der Waals surface area contributed by atoms with Gasteiger partial charge in [0.2, 0.25) is 0 Å². The molecule has 5 aromatic rings. The Bertz CT molecular complexity index is 1350. The maximum atomic E-state index is 11.5. The van der Waals surface area contributed by atoms with E-state index in [2.05, 4.69) is 34.6 Å². The van der Waals surface area contributed by atoms with E-state index in [1.165, 1.54) is 0 Å². The standard InChI is InChI=1S/C24H17N3O2/c28-24(29)21-8-4-3-7-20(21)17-11-9-16(10-12-17)15-27-23-14-19-6-2-1-5-18(19)13-22(23)25-26-27/h1-14H,15H2,(H,28,29). The van der Waals surface area contributed by atoms with Crippen LogP contribution in [0, 0.1) is 0 Å². The van der Waals surface area contributed by atoms with Gasteiger partial charge in [-0.25, -0.2) is 9.48 Å². The lowest BCUT2D eigenvalue weighted by Crippen LogP contribution is -2.02. The monoisotopic (exact) mass is 379 g/mol. The van der Waals surface area contributed by atoms with Crippen molar-refractivity contribution in [2.24, 2.45) is 0 Å². The first-order chi connectivity index (χ1) is 14.2. The number of benzene rings is 4. The number of fused-ring (bicyclic) bond motifs is 2. The van der Waals surface area contributed by atoms with Gasteiger partial charge in [-0.15, -0.1) is 5.10 Å². The Labute approximate surface area is 166 Å². The molecule has 5 nitrogen and oxygen atoms in total. The quantitative estimate of drug-likeness (QED) is 0.477. The number of aromatic carboxylic acids is 1.